The largest absolute Gasteiger partial charge is 0.354 e. The van der Waals surface area contributed by atoms with Gasteiger partial charge in [0.25, 0.3) is 23.6 Å². The zero-order valence-electron chi connectivity index (χ0n) is 70.2. The Labute approximate surface area is 670 Å². The molecule has 2 unspecified atom stereocenters. The van der Waals surface area contributed by atoms with Crippen LogP contribution in [0.3, 0.4) is 0 Å². The Bertz CT molecular complexity index is 4570. The first-order valence-electron chi connectivity index (χ1n) is 42.6. The predicted octanol–water partition coefficient (Wildman–Crippen LogP) is 16.8. The van der Waals surface area contributed by atoms with Crippen LogP contribution >= 0.6 is 0 Å². The van der Waals surface area contributed by atoms with Gasteiger partial charge in [0.2, 0.25) is 17.7 Å². The number of carbonyl (C=O) groups excluding carboxylic acids is 7. The lowest BCUT2D eigenvalue weighted by molar-refractivity contribution is -0.136. The molecule has 5 aromatic carbocycles. The van der Waals surface area contributed by atoms with E-state index in [2.05, 4.69) is 103 Å². The Hall–Kier alpha value is -9.74. The monoisotopic (exact) mass is 1540 g/mol. The second-order valence-electron chi connectivity index (χ2n) is 27.3. The van der Waals surface area contributed by atoms with E-state index in [0.717, 1.165) is 165 Å². The van der Waals surface area contributed by atoms with Crippen molar-refractivity contribution in [3.63, 3.8) is 0 Å². The number of hydrogen-bond acceptors (Lipinski definition) is 16. The fraction of sp³-hybridized carbons (Fsp3) is 0.495. The van der Waals surface area contributed by atoms with Gasteiger partial charge in [0, 0.05) is 148 Å². The molecule has 8 aliphatic rings. The summed E-state index contributed by atoms with van der Waals surface area (Å²) >= 11 is 0. The van der Waals surface area contributed by atoms with Gasteiger partial charge in [0.15, 0.2) is 5.65 Å². The molecule has 7 amide bonds. The molecule has 4 aromatic heterocycles. The number of benzene rings is 5. The molecular weight excluding hydrogens is 1420 g/mol. The van der Waals surface area contributed by atoms with E-state index in [1.807, 2.05) is 178 Å². The van der Waals surface area contributed by atoms with Crippen molar-refractivity contribution in [2.75, 3.05) is 58.9 Å². The number of piperazine rings is 2. The Balaban J connectivity index is 0.000000242. The third-order valence-corrected chi connectivity index (χ3v) is 21.8. The highest BCUT2D eigenvalue weighted by atomic mass is 16.2. The molecule has 2 N–H and O–H groups in total. The Kier molecular flexibility index (Phi) is 34.6. The molecule has 6 aliphatic heterocycles. The van der Waals surface area contributed by atoms with Crippen molar-refractivity contribution in [3.8, 4) is 22.4 Å². The topological polar surface area (TPSA) is 237 Å². The van der Waals surface area contributed by atoms with Gasteiger partial charge in [-0.1, -0.05) is 196 Å². The molecular formula is C91H125N15O7. The number of nitrogens with one attached hydrogen (secondary N) is 2. The van der Waals surface area contributed by atoms with E-state index < -0.39 is 29.8 Å². The average Bonchev–Trinajstić information content (AvgIpc) is 1.62. The van der Waals surface area contributed by atoms with Crippen LogP contribution in [0.4, 0.5) is 0 Å². The molecule has 6 fully saturated rings. The van der Waals surface area contributed by atoms with Gasteiger partial charge < -0.3 is 9.88 Å². The van der Waals surface area contributed by atoms with Gasteiger partial charge >= 0.3 is 0 Å². The SMILES string of the molecule is CC.CC.CC.CC.CC.CC.CC.CC.O=C1CCC(N2C(=O)c3cccc4cc(CN5CCN(C6CCC(n7cc(-c8ccccc8)c8cncnc87)CC6)CC5)cc(c34)C2=O)C(=O)N1.O=C1NCCCC1N1C(=O)c2cccc(CN3CCN(C4CCC(n5nc(-c6ccccc6)c6cncnc65)CC4)CC3)c2C1=O. The number of piperidine rings is 2. The normalized spacial score (nSPS) is 20.9. The minimum atomic E-state index is -0.999. The molecule has 2 saturated carbocycles. The van der Waals surface area contributed by atoms with Gasteiger partial charge in [-0.15, -0.1) is 0 Å². The first-order valence-corrected chi connectivity index (χ1v) is 42.6. The Morgan fingerprint density at radius 1 is 0.434 bits per heavy atom. The van der Waals surface area contributed by atoms with Crippen molar-refractivity contribution in [3.05, 3.63) is 174 Å². The molecule has 9 aromatic rings. The summed E-state index contributed by atoms with van der Waals surface area (Å²) in [6.45, 7) is 41.5. The standard InChI is InChI=1S/C40H39N7O4.C35H38N8O3.8C2H6/c48-35-14-13-34(38(49)43-35)47-39(50)30-8-4-7-27-19-25(20-31(36(27)30)40(47)51)22-44-15-17-45(18-16-44)28-9-11-29(12-10-28)46-23-33(26-5-2-1-3-6-26)32-21-41-24-42-37(32)46;44-33-29(10-5-15-37-33)42-34(45)27-9-4-8-24(30(27)35(42)46)21-40-16-18-41(19-17-40)25-11-13-26(14-12-25)43-32-28(20-36-22-38-32)31(39-43)23-6-2-1-3-7-23;8*1-2/h1-8,19-21,23-24,28-29,34H,9-18,22H2,(H,43,48,49);1-4,6-9,20,22,25-26,29H,5,10-19,21H2,(H,37,44);8*1-2H3. The molecule has 10 heterocycles. The summed E-state index contributed by atoms with van der Waals surface area (Å²) in [6.07, 6.45) is 19.7. The van der Waals surface area contributed by atoms with Crippen molar-refractivity contribution in [2.24, 2.45) is 0 Å². The third-order valence-electron chi connectivity index (χ3n) is 21.8. The molecule has 2 aliphatic carbocycles. The summed E-state index contributed by atoms with van der Waals surface area (Å²) in [5, 5.41) is 13.7. The first kappa shape index (κ1) is 88.8. The molecule has 22 nitrogen and oxygen atoms in total. The van der Waals surface area contributed by atoms with Gasteiger partial charge in [-0.05, 0) is 117 Å². The molecule has 0 bridgehead atoms. The summed E-state index contributed by atoms with van der Waals surface area (Å²) in [7, 11) is 0. The van der Waals surface area contributed by atoms with Crippen LogP contribution in [0.2, 0.25) is 0 Å². The summed E-state index contributed by atoms with van der Waals surface area (Å²) < 4.78 is 4.53. The minimum Gasteiger partial charge on any atom is -0.354 e. The lowest BCUT2D eigenvalue weighted by Crippen LogP contribution is -2.57. The molecule has 17 rings (SSSR count). The summed E-state index contributed by atoms with van der Waals surface area (Å²) in [6, 6.07) is 35.8. The molecule has 113 heavy (non-hydrogen) atoms. The van der Waals surface area contributed by atoms with Crippen LogP contribution in [0.5, 0.6) is 0 Å². The number of hydrogen-bond donors (Lipinski definition) is 2. The fourth-order valence-electron chi connectivity index (χ4n) is 16.8. The maximum atomic E-state index is 13.9. The van der Waals surface area contributed by atoms with Crippen LogP contribution in [0.1, 0.15) is 252 Å². The minimum absolute atomic E-state index is 0.0906. The van der Waals surface area contributed by atoms with Crippen LogP contribution < -0.4 is 10.6 Å². The number of fused-ring (bicyclic) bond motifs is 3. The van der Waals surface area contributed by atoms with Crippen molar-refractivity contribution >= 4 is 74.2 Å². The van der Waals surface area contributed by atoms with Crippen LogP contribution in [-0.2, 0) is 27.5 Å². The first-order chi connectivity index (χ1) is 55.5. The van der Waals surface area contributed by atoms with E-state index >= 15 is 0 Å². The smallest absolute Gasteiger partial charge is 0.262 e. The highest BCUT2D eigenvalue weighted by molar-refractivity contribution is 6.27. The van der Waals surface area contributed by atoms with Crippen LogP contribution in [-0.4, -0.2) is 188 Å². The van der Waals surface area contributed by atoms with Crippen LogP contribution in [0.15, 0.2) is 140 Å². The number of amides is 7. The highest BCUT2D eigenvalue weighted by Crippen LogP contribution is 2.41. The maximum Gasteiger partial charge on any atom is 0.262 e. The van der Waals surface area contributed by atoms with Crippen molar-refractivity contribution in [1.29, 1.82) is 0 Å². The summed E-state index contributed by atoms with van der Waals surface area (Å²) in [5.74, 6) is -2.87. The van der Waals surface area contributed by atoms with E-state index in [1.54, 1.807) is 24.8 Å². The van der Waals surface area contributed by atoms with E-state index in [0.29, 0.717) is 77.9 Å². The quantitative estimate of drug-likeness (QED) is 0.108. The molecule has 606 valence electrons. The van der Waals surface area contributed by atoms with Crippen molar-refractivity contribution < 1.29 is 33.6 Å². The lowest BCUT2D eigenvalue weighted by Gasteiger charge is -2.42. The summed E-state index contributed by atoms with van der Waals surface area (Å²) in [4.78, 5) is 121. The molecule has 4 saturated heterocycles. The number of imide groups is 3. The predicted molar refractivity (Wildman–Crippen MR) is 454 cm³/mol. The Morgan fingerprint density at radius 3 is 1.53 bits per heavy atom. The third kappa shape index (κ3) is 19.7. The maximum absolute atomic E-state index is 13.9. The van der Waals surface area contributed by atoms with E-state index in [1.165, 1.54) is 16.0 Å². The van der Waals surface area contributed by atoms with E-state index in [9.17, 15) is 33.6 Å². The average molecular weight is 1540 g/mol. The van der Waals surface area contributed by atoms with Gasteiger partial charge in [-0.2, -0.15) is 5.10 Å². The van der Waals surface area contributed by atoms with Gasteiger partial charge in [0.1, 0.15) is 36.1 Å². The number of nitrogens with zero attached hydrogens (tertiary/aromatic N) is 13. The lowest BCUT2D eigenvalue weighted by atomic mass is 9.89. The number of aromatic nitrogens is 7. The molecule has 0 spiro atoms. The van der Waals surface area contributed by atoms with Gasteiger partial charge in [-0.25, -0.2) is 24.6 Å². The van der Waals surface area contributed by atoms with Gasteiger partial charge in [-0.3, -0.25) is 68.3 Å². The van der Waals surface area contributed by atoms with Crippen molar-refractivity contribution in [2.45, 2.75) is 237 Å². The van der Waals surface area contributed by atoms with Crippen LogP contribution in [0, 0.1) is 0 Å². The fourth-order valence-corrected chi connectivity index (χ4v) is 16.8. The number of carbonyl (C=O) groups is 7. The molecule has 0 radical (unpaired) electrons. The zero-order valence-corrected chi connectivity index (χ0v) is 70.2. The second kappa shape index (κ2) is 44.1. The zero-order chi connectivity index (χ0) is 81.8. The van der Waals surface area contributed by atoms with Crippen molar-refractivity contribution in [1.82, 2.24) is 74.3 Å². The second-order valence-corrected chi connectivity index (χ2v) is 27.3. The number of rotatable bonds is 12. The van der Waals surface area contributed by atoms with E-state index in [-0.39, 0.29) is 36.5 Å². The molecule has 2 atom stereocenters. The van der Waals surface area contributed by atoms with Crippen LogP contribution in [0.25, 0.3) is 55.2 Å². The highest BCUT2D eigenvalue weighted by Gasteiger charge is 2.46. The molecule has 22 heteroatoms. The van der Waals surface area contributed by atoms with E-state index in [4.69, 9.17) is 10.1 Å². The van der Waals surface area contributed by atoms with Gasteiger partial charge in [0.05, 0.1) is 22.6 Å². The Morgan fingerprint density at radius 2 is 0.938 bits per heavy atom. The summed E-state index contributed by atoms with van der Waals surface area (Å²) in [5.41, 5.74) is 9.93.